The maximum Gasteiger partial charge on any atom is 0.257 e. The molecule has 0 spiro atoms. The molecule has 5 aromatic rings. The lowest BCUT2D eigenvalue weighted by molar-refractivity contribution is 0.0941. The van der Waals surface area contributed by atoms with Crippen molar-refractivity contribution in [3.63, 3.8) is 0 Å². The van der Waals surface area contributed by atoms with Gasteiger partial charge in [0.2, 0.25) is 5.95 Å². The normalized spacial score (nSPS) is 11.1. The molecule has 5 rings (SSSR count). The van der Waals surface area contributed by atoms with Crippen LogP contribution in [-0.2, 0) is 13.1 Å². The molecular weight excluding hydrogens is 609 g/mol. The first-order chi connectivity index (χ1) is 19.7. The maximum atomic E-state index is 14.4. The van der Waals surface area contributed by atoms with Crippen molar-refractivity contribution in [1.82, 2.24) is 24.9 Å². The fraction of sp³-hybridized carbons (Fsp3) is 0.185. The number of hydrogen-bond donors (Lipinski definition) is 2. The average molecular weight is 631 g/mol. The number of hydrogen-bond acceptors (Lipinski definition) is 8. The van der Waals surface area contributed by atoms with Crippen molar-refractivity contribution in [2.45, 2.75) is 13.1 Å². The minimum absolute atomic E-state index is 0.0823. The second kappa shape index (κ2) is 11.5. The van der Waals surface area contributed by atoms with Gasteiger partial charge in [0.1, 0.15) is 45.8 Å². The molecule has 3 aromatic carbocycles. The van der Waals surface area contributed by atoms with E-state index >= 15 is 0 Å². The summed E-state index contributed by atoms with van der Waals surface area (Å²) in [7, 11) is 4.48. The molecule has 2 N–H and O–H groups in total. The Bertz CT molecular complexity index is 1780. The second-order valence-corrected chi connectivity index (χ2v) is 9.58. The van der Waals surface area contributed by atoms with Gasteiger partial charge in [-0.1, -0.05) is 15.9 Å². The zero-order valence-corrected chi connectivity index (χ0v) is 23.5. The van der Waals surface area contributed by atoms with Gasteiger partial charge in [0.15, 0.2) is 11.5 Å². The van der Waals surface area contributed by atoms with Gasteiger partial charge in [0.05, 0.1) is 33.3 Å². The zero-order valence-electron chi connectivity index (χ0n) is 21.9. The number of nitrogens with zero attached hydrogens (tertiary/aromatic N) is 4. The first kappa shape index (κ1) is 28.0. The predicted octanol–water partition coefficient (Wildman–Crippen LogP) is 5.03. The van der Waals surface area contributed by atoms with Gasteiger partial charge in [-0.25, -0.2) is 23.1 Å². The largest absolute Gasteiger partial charge is 0.497 e. The molecule has 212 valence electrons. The van der Waals surface area contributed by atoms with Crippen LogP contribution in [0.1, 0.15) is 21.7 Å². The molecule has 0 aliphatic carbocycles. The Morgan fingerprint density at radius 2 is 1.66 bits per heavy atom. The average Bonchev–Trinajstić information content (AvgIpc) is 3.39. The van der Waals surface area contributed by atoms with Gasteiger partial charge in [0.25, 0.3) is 5.91 Å². The molecule has 0 atom stereocenters. The third-order valence-corrected chi connectivity index (χ3v) is 6.60. The minimum atomic E-state index is -1.03. The molecule has 0 aliphatic rings. The van der Waals surface area contributed by atoms with E-state index in [9.17, 15) is 18.0 Å². The summed E-state index contributed by atoms with van der Waals surface area (Å²) in [5.74, 6) is -1.97. The van der Waals surface area contributed by atoms with Gasteiger partial charge in [-0.05, 0) is 30.3 Å². The lowest BCUT2D eigenvalue weighted by atomic mass is 10.2. The highest BCUT2D eigenvalue weighted by molar-refractivity contribution is 9.10. The Hall–Kier alpha value is -4.59. The number of nitrogens with one attached hydrogen (secondary N) is 2. The summed E-state index contributed by atoms with van der Waals surface area (Å²) < 4.78 is 60.5. The van der Waals surface area contributed by atoms with Gasteiger partial charge in [0, 0.05) is 28.7 Å². The fourth-order valence-corrected chi connectivity index (χ4v) is 4.62. The molecule has 0 fully saturated rings. The van der Waals surface area contributed by atoms with Gasteiger partial charge in [-0.2, -0.15) is 4.52 Å². The SMILES string of the molecule is COc1ccc(CNc2nc3c(OC)cc(F)cc3c3nc(CNC(=O)c4c(F)cc(Br)cc4F)nn23)c(OC)c1. The molecular formula is C27H22BrF3N6O4. The molecule has 14 heteroatoms. The number of fused-ring (bicyclic) bond motifs is 3. The van der Waals surface area contributed by atoms with Crippen molar-refractivity contribution in [1.29, 1.82) is 0 Å². The summed E-state index contributed by atoms with van der Waals surface area (Å²) in [6.07, 6.45) is 0. The Kier molecular flexibility index (Phi) is 7.83. The Morgan fingerprint density at radius 3 is 2.34 bits per heavy atom. The number of methoxy groups -OCH3 is 3. The lowest BCUT2D eigenvalue weighted by Gasteiger charge is -2.13. The molecule has 0 saturated carbocycles. The van der Waals surface area contributed by atoms with Crippen molar-refractivity contribution >= 4 is 44.3 Å². The van der Waals surface area contributed by atoms with Crippen LogP contribution in [0.4, 0.5) is 19.1 Å². The summed E-state index contributed by atoms with van der Waals surface area (Å²) in [6, 6.07) is 9.73. The van der Waals surface area contributed by atoms with Crippen LogP contribution in [0.5, 0.6) is 17.2 Å². The monoisotopic (exact) mass is 630 g/mol. The molecule has 0 aliphatic heterocycles. The number of carbonyl (C=O) groups is 1. The van der Waals surface area contributed by atoms with E-state index in [0.29, 0.717) is 22.4 Å². The lowest BCUT2D eigenvalue weighted by Crippen LogP contribution is -2.25. The standard InChI is InChI=1S/C27H22BrF3N6O4/c1-39-16-5-4-13(20(10-16)40-2)11-33-27-35-24-17(8-15(29)9-21(24)41-3)25-34-22(36-37(25)27)12-32-26(38)23-18(30)6-14(28)7-19(23)31/h4-10H,11-12H2,1-3H3,(H,32,38)(H,33,35). The van der Waals surface area contributed by atoms with Gasteiger partial charge >= 0.3 is 0 Å². The quantitative estimate of drug-likeness (QED) is 0.233. The molecule has 0 unspecified atom stereocenters. The predicted molar refractivity (Wildman–Crippen MR) is 147 cm³/mol. The van der Waals surface area contributed by atoms with Crippen LogP contribution in [0.3, 0.4) is 0 Å². The number of aromatic nitrogens is 4. The molecule has 1 amide bonds. The van der Waals surface area contributed by atoms with E-state index in [1.807, 2.05) is 6.07 Å². The fourth-order valence-electron chi connectivity index (χ4n) is 4.21. The Labute approximate surface area is 239 Å². The third-order valence-electron chi connectivity index (χ3n) is 6.14. The number of amides is 1. The van der Waals surface area contributed by atoms with E-state index in [1.54, 1.807) is 19.2 Å². The molecule has 0 bridgehead atoms. The molecule has 2 aromatic heterocycles. The highest BCUT2D eigenvalue weighted by Gasteiger charge is 2.21. The molecule has 0 radical (unpaired) electrons. The first-order valence-electron chi connectivity index (χ1n) is 12.0. The van der Waals surface area contributed by atoms with Crippen molar-refractivity contribution in [3.8, 4) is 17.2 Å². The van der Waals surface area contributed by atoms with E-state index in [2.05, 4.69) is 41.6 Å². The summed E-state index contributed by atoms with van der Waals surface area (Å²) >= 11 is 2.98. The maximum absolute atomic E-state index is 14.4. The third kappa shape index (κ3) is 5.55. The van der Waals surface area contributed by atoms with Crippen LogP contribution in [0.25, 0.3) is 16.6 Å². The topological polar surface area (TPSA) is 112 Å². The van der Waals surface area contributed by atoms with Crippen LogP contribution >= 0.6 is 15.9 Å². The highest BCUT2D eigenvalue weighted by atomic mass is 79.9. The van der Waals surface area contributed by atoms with Crippen molar-refractivity contribution in [2.75, 3.05) is 26.6 Å². The van der Waals surface area contributed by atoms with Gasteiger partial charge in [-0.15, -0.1) is 5.10 Å². The second-order valence-electron chi connectivity index (χ2n) is 8.66. The first-order valence-corrected chi connectivity index (χ1v) is 12.8. The molecule has 0 saturated heterocycles. The molecule has 2 heterocycles. The van der Waals surface area contributed by atoms with Gasteiger partial charge < -0.3 is 24.8 Å². The zero-order chi connectivity index (χ0) is 29.3. The highest BCUT2D eigenvalue weighted by Crippen LogP contribution is 2.31. The van der Waals surface area contributed by atoms with Crippen LogP contribution in [0.15, 0.2) is 46.9 Å². The number of rotatable bonds is 9. The number of ether oxygens (including phenoxy) is 3. The van der Waals surface area contributed by atoms with Crippen LogP contribution < -0.4 is 24.8 Å². The van der Waals surface area contributed by atoms with Crippen LogP contribution in [0.2, 0.25) is 0 Å². The van der Waals surface area contributed by atoms with Crippen LogP contribution in [-0.4, -0.2) is 46.8 Å². The van der Waals surface area contributed by atoms with E-state index in [-0.39, 0.29) is 40.7 Å². The summed E-state index contributed by atoms with van der Waals surface area (Å²) in [6.45, 7) is -0.0342. The van der Waals surface area contributed by atoms with E-state index in [0.717, 1.165) is 17.7 Å². The van der Waals surface area contributed by atoms with Crippen molar-refractivity contribution < 1.29 is 32.2 Å². The molecule has 41 heavy (non-hydrogen) atoms. The summed E-state index contributed by atoms with van der Waals surface area (Å²) in [5.41, 5.74) is 0.557. The van der Waals surface area contributed by atoms with Crippen LogP contribution in [0, 0.1) is 17.5 Å². The van der Waals surface area contributed by atoms with Gasteiger partial charge in [-0.3, -0.25) is 4.79 Å². The molecule has 10 nitrogen and oxygen atoms in total. The van der Waals surface area contributed by atoms with E-state index in [4.69, 9.17) is 14.2 Å². The van der Waals surface area contributed by atoms with Crippen molar-refractivity contribution in [2.24, 2.45) is 0 Å². The van der Waals surface area contributed by atoms with E-state index in [1.165, 1.54) is 30.9 Å². The van der Waals surface area contributed by atoms with E-state index < -0.39 is 28.9 Å². The number of anilines is 1. The smallest absolute Gasteiger partial charge is 0.257 e. The number of halogens is 4. The van der Waals surface area contributed by atoms with Crippen molar-refractivity contribution in [3.05, 3.63) is 81.3 Å². The summed E-state index contributed by atoms with van der Waals surface area (Å²) in [4.78, 5) is 21.6. The Morgan fingerprint density at radius 1 is 0.927 bits per heavy atom. The Balaban J connectivity index is 1.52. The number of benzene rings is 3. The number of carbonyl (C=O) groups excluding carboxylic acids is 1. The minimum Gasteiger partial charge on any atom is -0.497 e. The summed E-state index contributed by atoms with van der Waals surface area (Å²) in [5, 5.41) is 10.3.